The molecule has 0 aliphatic carbocycles. The maximum Gasteiger partial charge on any atom is 0.416 e. The fraction of sp³-hybridized carbons (Fsp3) is 0.273. The number of rotatable bonds is 4. The fourth-order valence-electron chi connectivity index (χ4n) is 3.78. The summed E-state index contributed by atoms with van der Waals surface area (Å²) in [6, 6.07) is 7.57. The summed E-state index contributed by atoms with van der Waals surface area (Å²) in [7, 11) is 1.43. The minimum absolute atomic E-state index is 0.160. The first-order chi connectivity index (χ1) is 16.0. The molecule has 180 valence electrons. The molecule has 2 heterocycles. The number of aromatic nitrogens is 2. The number of nitrogens with zero attached hydrogens (tertiary/aromatic N) is 2. The summed E-state index contributed by atoms with van der Waals surface area (Å²) in [6.45, 7) is 0. The SMILES string of the molecule is COc1cccc([C@H]2C[C@H](C(F)(F)F)n3ncc(C(=O)Nc4cccc(C(F)(F)F)c4)c3N2)c1. The lowest BCUT2D eigenvalue weighted by atomic mass is 9.96. The van der Waals surface area contributed by atoms with E-state index in [0.29, 0.717) is 16.0 Å². The van der Waals surface area contributed by atoms with Crippen LogP contribution >= 0.6 is 0 Å². The highest BCUT2D eigenvalue weighted by Gasteiger charge is 2.47. The van der Waals surface area contributed by atoms with Crippen LogP contribution in [0, 0.1) is 0 Å². The van der Waals surface area contributed by atoms with Crippen LogP contribution in [-0.2, 0) is 6.18 Å². The number of hydrogen-bond donors (Lipinski definition) is 2. The van der Waals surface area contributed by atoms with Crippen molar-refractivity contribution in [1.82, 2.24) is 9.78 Å². The van der Waals surface area contributed by atoms with Gasteiger partial charge in [-0.05, 0) is 35.9 Å². The molecule has 1 amide bonds. The minimum Gasteiger partial charge on any atom is -0.497 e. The Kier molecular flexibility index (Phi) is 5.92. The standard InChI is InChI=1S/C22H18F6N4O2/c1-34-15-7-2-4-12(8-15)17-10-18(22(26,27)28)32-19(31-17)16(11-29-32)20(33)30-14-6-3-5-13(9-14)21(23,24)25/h2-9,11,17-18,31H,10H2,1H3,(H,30,33)/t17-,18-/m1/s1. The molecular weight excluding hydrogens is 466 g/mol. The van der Waals surface area contributed by atoms with Gasteiger partial charge in [0.25, 0.3) is 5.91 Å². The summed E-state index contributed by atoms with van der Waals surface area (Å²) in [6.07, 6.45) is -8.71. The third-order valence-corrected chi connectivity index (χ3v) is 5.43. The molecule has 4 rings (SSSR count). The second kappa shape index (κ2) is 8.58. The van der Waals surface area contributed by atoms with Gasteiger partial charge in [-0.2, -0.15) is 31.4 Å². The van der Waals surface area contributed by atoms with Crippen molar-refractivity contribution < 1.29 is 35.9 Å². The predicted octanol–water partition coefficient (Wildman–Crippen LogP) is 5.82. The van der Waals surface area contributed by atoms with Gasteiger partial charge in [0.15, 0.2) is 6.04 Å². The van der Waals surface area contributed by atoms with Crippen LogP contribution in [0.25, 0.3) is 0 Å². The van der Waals surface area contributed by atoms with Gasteiger partial charge < -0.3 is 15.4 Å². The molecule has 0 unspecified atom stereocenters. The molecule has 1 aliphatic heterocycles. The van der Waals surface area contributed by atoms with E-state index in [0.717, 1.165) is 24.4 Å². The monoisotopic (exact) mass is 484 g/mol. The second-order valence-corrected chi connectivity index (χ2v) is 7.65. The summed E-state index contributed by atoms with van der Waals surface area (Å²) >= 11 is 0. The van der Waals surface area contributed by atoms with E-state index < -0.39 is 35.9 Å². The Bertz CT molecular complexity index is 1200. The van der Waals surface area contributed by atoms with Gasteiger partial charge >= 0.3 is 12.4 Å². The van der Waals surface area contributed by atoms with Crippen molar-refractivity contribution in [2.24, 2.45) is 0 Å². The molecule has 1 aromatic heterocycles. The van der Waals surface area contributed by atoms with Crippen LogP contribution in [0.2, 0.25) is 0 Å². The van der Waals surface area contributed by atoms with Gasteiger partial charge in [-0.3, -0.25) is 4.79 Å². The number of anilines is 2. The highest BCUT2D eigenvalue weighted by molar-refractivity contribution is 6.07. The number of carbonyl (C=O) groups excluding carboxylic acids is 1. The van der Waals surface area contributed by atoms with Crippen LogP contribution in [0.3, 0.4) is 0 Å². The van der Waals surface area contributed by atoms with Crippen LogP contribution in [0.1, 0.15) is 40.0 Å². The van der Waals surface area contributed by atoms with Gasteiger partial charge in [0.05, 0.1) is 24.9 Å². The molecule has 0 spiro atoms. The number of alkyl halides is 6. The van der Waals surface area contributed by atoms with Crippen molar-refractivity contribution in [2.45, 2.75) is 30.9 Å². The minimum atomic E-state index is -4.66. The third kappa shape index (κ3) is 4.66. The number of methoxy groups -OCH3 is 1. The molecule has 0 saturated heterocycles. The van der Waals surface area contributed by atoms with Crippen molar-refractivity contribution in [3.63, 3.8) is 0 Å². The van der Waals surface area contributed by atoms with Crippen LogP contribution in [0.5, 0.6) is 5.75 Å². The molecule has 0 fully saturated rings. The number of ether oxygens (including phenoxy) is 1. The molecule has 6 nitrogen and oxygen atoms in total. The van der Waals surface area contributed by atoms with E-state index in [1.807, 2.05) is 0 Å². The Morgan fingerprint density at radius 1 is 1.12 bits per heavy atom. The van der Waals surface area contributed by atoms with E-state index in [1.165, 1.54) is 13.2 Å². The summed E-state index contributed by atoms with van der Waals surface area (Å²) in [4.78, 5) is 12.8. The average molecular weight is 484 g/mol. The first-order valence-electron chi connectivity index (χ1n) is 10.0. The maximum absolute atomic E-state index is 13.8. The molecule has 2 atom stereocenters. The lowest BCUT2D eigenvalue weighted by Crippen LogP contribution is -2.36. The molecular formula is C22H18F6N4O2. The highest BCUT2D eigenvalue weighted by Crippen LogP contribution is 2.44. The largest absolute Gasteiger partial charge is 0.497 e. The van der Waals surface area contributed by atoms with Gasteiger partial charge in [0.1, 0.15) is 17.1 Å². The maximum atomic E-state index is 13.8. The number of halogens is 6. The molecule has 3 aromatic rings. The number of amides is 1. The molecule has 2 aromatic carbocycles. The topological polar surface area (TPSA) is 68.2 Å². The quantitative estimate of drug-likeness (QED) is 0.458. The molecule has 1 aliphatic rings. The lowest BCUT2D eigenvalue weighted by Gasteiger charge is -2.34. The number of benzene rings is 2. The fourth-order valence-corrected chi connectivity index (χ4v) is 3.78. The lowest BCUT2D eigenvalue weighted by molar-refractivity contribution is -0.173. The van der Waals surface area contributed by atoms with Gasteiger partial charge in [0, 0.05) is 12.1 Å². The summed E-state index contributed by atoms with van der Waals surface area (Å²) in [5.41, 5.74) is -0.868. The summed E-state index contributed by atoms with van der Waals surface area (Å²) in [5, 5.41) is 8.98. The van der Waals surface area contributed by atoms with Gasteiger partial charge in [-0.1, -0.05) is 18.2 Å². The van der Waals surface area contributed by atoms with Gasteiger partial charge in [-0.25, -0.2) is 4.68 Å². The first-order valence-corrected chi connectivity index (χ1v) is 10.0. The normalized spacial score (nSPS) is 18.1. The zero-order valence-corrected chi connectivity index (χ0v) is 17.5. The zero-order chi connectivity index (χ0) is 24.7. The Balaban J connectivity index is 1.67. The average Bonchev–Trinajstić information content (AvgIpc) is 3.21. The molecule has 0 saturated carbocycles. The van der Waals surface area contributed by atoms with Crippen molar-refractivity contribution in [1.29, 1.82) is 0 Å². The van der Waals surface area contributed by atoms with Crippen molar-refractivity contribution >= 4 is 17.4 Å². The Hall–Kier alpha value is -3.70. The van der Waals surface area contributed by atoms with Crippen LogP contribution in [0.4, 0.5) is 37.8 Å². The van der Waals surface area contributed by atoms with E-state index in [4.69, 9.17) is 4.74 Å². The van der Waals surface area contributed by atoms with E-state index in [1.54, 1.807) is 24.3 Å². The number of carbonyl (C=O) groups is 1. The van der Waals surface area contributed by atoms with Gasteiger partial charge in [0.2, 0.25) is 0 Å². The second-order valence-electron chi connectivity index (χ2n) is 7.65. The predicted molar refractivity (Wildman–Crippen MR) is 111 cm³/mol. The van der Waals surface area contributed by atoms with Crippen LogP contribution in [0.15, 0.2) is 54.7 Å². The summed E-state index contributed by atoms with van der Waals surface area (Å²) < 4.78 is 86.3. The van der Waals surface area contributed by atoms with Crippen molar-refractivity contribution in [2.75, 3.05) is 17.7 Å². The van der Waals surface area contributed by atoms with E-state index in [2.05, 4.69) is 15.7 Å². The Labute approximate surface area is 189 Å². The van der Waals surface area contributed by atoms with E-state index >= 15 is 0 Å². The number of fused-ring (bicyclic) bond motifs is 1. The Morgan fingerprint density at radius 3 is 2.53 bits per heavy atom. The number of hydrogen-bond acceptors (Lipinski definition) is 4. The molecule has 0 radical (unpaired) electrons. The van der Waals surface area contributed by atoms with Crippen LogP contribution in [-0.4, -0.2) is 29.0 Å². The molecule has 2 N–H and O–H groups in total. The van der Waals surface area contributed by atoms with Crippen molar-refractivity contribution in [3.8, 4) is 5.75 Å². The van der Waals surface area contributed by atoms with Crippen molar-refractivity contribution in [3.05, 3.63) is 71.4 Å². The third-order valence-electron chi connectivity index (χ3n) is 5.43. The number of nitrogens with one attached hydrogen (secondary N) is 2. The summed E-state index contributed by atoms with van der Waals surface area (Å²) in [5.74, 6) is -0.643. The molecule has 12 heteroatoms. The zero-order valence-electron chi connectivity index (χ0n) is 17.5. The highest BCUT2D eigenvalue weighted by atomic mass is 19.4. The van der Waals surface area contributed by atoms with Crippen LogP contribution < -0.4 is 15.4 Å². The smallest absolute Gasteiger partial charge is 0.416 e. The first kappa shape index (κ1) is 23.5. The molecule has 34 heavy (non-hydrogen) atoms. The van der Waals surface area contributed by atoms with E-state index in [9.17, 15) is 31.1 Å². The van der Waals surface area contributed by atoms with E-state index in [-0.39, 0.29) is 23.5 Å². The van der Waals surface area contributed by atoms with Gasteiger partial charge in [-0.15, -0.1) is 0 Å². The Morgan fingerprint density at radius 2 is 1.85 bits per heavy atom. The molecule has 0 bridgehead atoms.